The molecule has 0 amide bonds. The van der Waals surface area contributed by atoms with E-state index in [0.717, 1.165) is 37.0 Å². The standard InChI is InChI=1S/C23H22N2O3/c1-2-28-23(26)22-14-19-13-17(16-9-11-27-12-10-16)7-8-21(19)25(22)20-6-4-3-5-18(20)15-24/h3-8,13-14,16H,2,9-12H2,1H3. The van der Waals surface area contributed by atoms with Gasteiger partial charge < -0.3 is 14.0 Å². The van der Waals surface area contributed by atoms with Crippen molar-refractivity contribution in [3.8, 4) is 11.8 Å². The van der Waals surface area contributed by atoms with E-state index in [1.165, 1.54) is 5.56 Å². The van der Waals surface area contributed by atoms with Crippen molar-refractivity contribution in [1.29, 1.82) is 5.26 Å². The molecule has 3 aromatic rings. The molecule has 2 aromatic carbocycles. The summed E-state index contributed by atoms with van der Waals surface area (Å²) >= 11 is 0. The van der Waals surface area contributed by atoms with Crippen LogP contribution in [0, 0.1) is 11.3 Å². The molecule has 0 unspecified atom stereocenters. The highest BCUT2D eigenvalue weighted by Crippen LogP contribution is 2.32. The molecule has 0 bridgehead atoms. The summed E-state index contributed by atoms with van der Waals surface area (Å²) in [7, 11) is 0. The Morgan fingerprint density at radius 2 is 2.00 bits per heavy atom. The van der Waals surface area contributed by atoms with Gasteiger partial charge in [0, 0.05) is 18.6 Å². The number of rotatable bonds is 4. The van der Waals surface area contributed by atoms with Crippen LogP contribution in [-0.4, -0.2) is 30.4 Å². The zero-order valence-corrected chi connectivity index (χ0v) is 15.9. The van der Waals surface area contributed by atoms with Gasteiger partial charge in [0.1, 0.15) is 11.8 Å². The van der Waals surface area contributed by atoms with Crippen LogP contribution in [0.1, 0.15) is 47.3 Å². The molecule has 1 aromatic heterocycles. The maximum atomic E-state index is 12.7. The minimum absolute atomic E-state index is 0.299. The van der Waals surface area contributed by atoms with Gasteiger partial charge in [-0.3, -0.25) is 0 Å². The van der Waals surface area contributed by atoms with E-state index in [2.05, 4.69) is 18.2 Å². The second kappa shape index (κ2) is 7.87. The molecule has 142 valence electrons. The number of para-hydroxylation sites is 1. The predicted molar refractivity (Wildman–Crippen MR) is 107 cm³/mol. The van der Waals surface area contributed by atoms with Crippen molar-refractivity contribution >= 4 is 16.9 Å². The Morgan fingerprint density at radius 3 is 2.75 bits per heavy atom. The van der Waals surface area contributed by atoms with Crippen LogP contribution in [0.5, 0.6) is 0 Å². The van der Waals surface area contributed by atoms with Crippen LogP contribution in [0.3, 0.4) is 0 Å². The fourth-order valence-electron chi connectivity index (χ4n) is 3.90. The predicted octanol–water partition coefficient (Wildman–Crippen LogP) is 4.57. The van der Waals surface area contributed by atoms with Gasteiger partial charge in [0.05, 0.1) is 23.4 Å². The van der Waals surface area contributed by atoms with Gasteiger partial charge in [-0.2, -0.15) is 5.26 Å². The molecular weight excluding hydrogens is 352 g/mol. The Hall–Kier alpha value is -3.10. The van der Waals surface area contributed by atoms with E-state index in [-0.39, 0.29) is 5.97 Å². The third-order valence-corrected chi connectivity index (χ3v) is 5.27. The normalized spacial score (nSPS) is 14.7. The van der Waals surface area contributed by atoms with Crippen molar-refractivity contribution in [3.63, 3.8) is 0 Å². The van der Waals surface area contributed by atoms with E-state index in [0.29, 0.717) is 29.5 Å². The summed E-state index contributed by atoms with van der Waals surface area (Å²) in [6.07, 6.45) is 2.02. The highest BCUT2D eigenvalue weighted by Gasteiger charge is 2.22. The molecule has 1 aliphatic heterocycles. The Morgan fingerprint density at radius 1 is 1.21 bits per heavy atom. The zero-order chi connectivity index (χ0) is 19.5. The number of nitrogens with zero attached hydrogens (tertiary/aromatic N) is 2. The van der Waals surface area contributed by atoms with E-state index in [1.807, 2.05) is 34.9 Å². The highest BCUT2D eigenvalue weighted by molar-refractivity contribution is 5.97. The summed E-state index contributed by atoms with van der Waals surface area (Å²) < 4.78 is 12.6. The van der Waals surface area contributed by atoms with Gasteiger partial charge in [-0.25, -0.2) is 4.79 Å². The molecule has 1 fully saturated rings. The van der Waals surface area contributed by atoms with Gasteiger partial charge in [0.2, 0.25) is 0 Å². The van der Waals surface area contributed by atoms with Crippen molar-refractivity contribution in [2.24, 2.45) is 0 Å². The minimum Gasteiger partial charge on any atom is -0.461 e. The lowest BCUT2D eigenvalue weighted by molar-refractivity contribution is 0.0517. The lowest BCUT2D eigenvalue weighted by Gasteiger charge is -2.22. The van der Waals surface area contributed by atoms with E-state index in [1.54, 1.807) is 13.0 Å². The Balaban J connectivity index is 1.89. The fourth-order valence-corrected chi connectivity index (χ4v) is 3.90. The third kappa shape index (κ3) is 3.28. The van der Waals surface area contributed by atoms with Crippen LogP contribution in [0.2, 0.25) is 0 Å². The second-order valence-corrected chi connectivity index (χ2v) is 6.92. The van der Waals surface area contributed by atoms with Crippen LogP contribution in [0.4, 0.5) is 0 Å². The third-order valence-electron chi connectivity index (χ3n) is 5.27. The van der Waals surface area contributed by atoms with Crippen LogP contribution in [0.25, 0.3) is 16.6 Å². The Labute approximate surface area is 164 Å². The molecule has 0 saturated carbocycles. The van der Waals surface area contributed by atoms with Gasteiger partial charge in [0.25, 0.3) is 0 Å². The van der Waals surface area contributed by atoms with Crippen molar-refractivity contribution in [3.05, 3.63) is 65.4 Å². The highest BCUT2D eigenvalue weighted by atomic mass is 16.5. The van der Waals surface area contributed by atoms with Crippen molar-refractivity contribution in [2.45, 2.75) is 25.7 Å². The molecule has 0 spiro atoms. The van der Waals surface area contributed by atoms with Gasteiger partial charge in [-0.05, 0) is 61.6 Å². The molecule has 1 saturated heterocycles. The van der Waals surface area contributed by atoms with Crippen LogP contribution >= 0.6 is 0 Å². The molecule has 0 N–H and O–H groups in total. The first kappa shape index (κ1) is 18.3. The van der Waals surface area contributed by atoms with Crippen molar-refractivity contribution < 1.29 is 14.3 Å². The minimum atomic E-state index is -0.390. The quantitative estimate of drug-likeness (QED) is 0.628. The summed E-state index contributed by atoms with van der Waals surface area (Å²) in [5, 5.41) is 10.5. The number of carbonyl (C=O) groups excluding carboxylic acids is 1. The monoisotopic (exact) mass is 374 g/mol. The molecular formula is C23H22N2O3. The molecule has 0 radical (unpaired) electrons. The van der Waals surface area contributed by atoms with Crippen LogP contribution in [0.15, 0.2) is 48.5 Å². The first-order valence-electron chi connectivity index (χ1n) is 9.62. The van der Waals surface area contributed by atoms with Gasteiger partial charge in [-0.15, -0.1) is 0 Å². The molecule has 5 heteroatoms. The second-order valence-electron chi connectivity index (χ2n) is 6.92. The van der Waals surface area contributed by atoms with Gasteiger partial charge in [-0.1, -0.05) is 18.2 Å². The van der Waals surface area contributed by atoms with Crippen LogP contribution < -0.4 is 0 Å². The number of hydrogen-bond donors (Lipinski definition) is 0. The summed E-state index contributed by atoms with van der Waals surface area (Å²) in [4.78, 5) is 12.7. The van der Waals surface area contributed by atoms with Crippen LogP contribution in [-0.2, 0) is 9.47 Å². The summed E-state index contributed by atoms with van der Waals surface area (Å²) in [6, 6.07) is 17.7. The van der Waals surface area contributed by atoms with Gasteiger partial charge >= 0.3 is 5.97 Å². The maximum Gasteiger partial charge on any atom is 0.355 e. The lowest BCUT2D eigenvalue weighted by atomic mass is 9.91. The number of aromatic nitrogens is 1. The van der Waals surface area contributed by atoms with E-state index < -0.39 is 0 Å². The summed E-state index contributed by atoms with van der Waals surface area (Å²) in [6.45, 7) is 3.66. The van der Waals surface area contributed by atoms with Crippen molar-refractivity contribution in [2.75, 3.05) is 19.8 Å². The smallest absolute Gasteiger partial charge is 0.355 e. The zero-order valence-electron chi connectivity index (χ0n) is 15.9. The average molecular weight is 374 g/mol. The van der Waals surface area contributed by atoms with E-state index in [9.17, 15) is 10.1 Å². The number of fused-ring (bicyclic) bond motifs is 1. The molecule has 0 aliphatic carbocycles. The summed E-state index contributed by atoms with van der Waals surface area (Å²) in [5.74, 6) is 0.0815. The molecule has 28 heavy (non-hydrogen) atoms. The maximum absolute atomic E-state index is 12.7. The van der Waals surface area contributed by atoms with E-state index in [4.69, 9.17) is 9.47 Å². The van der Waals surface area contributed by atoms with Crippen molar-refractivity contribution in [1.82, 2.24) is 4.57 Å². The molecule has 2 heterocycles. The molecule has 0 atom stereocenters. The molecule has 1 aliphatic rings. The fraction of sp³-hybridized carbons (Fsp3) is 0.304. The molecule has 5 nitrogen and oxygen atoms in total. The van der Waals surface area contributed by atoms with Gasteiger partial charge in [0.15, 0.2) is 0 Å². The first-order valence-corrected chi connectivity index (χ1v) is 9.62. The first-order chi connectivity index (χ1) is 13.7. The average Bonchev–Trinajstić information content (AvgIpc) is 3.13. The number of hydrogen-bond acceptors (Lipinski definition) is 4. The Kier molecular flexibility index (Phi) is 5.14. The number of nitriles is 1. The largest absolute Gasteiger partial charge is 0.461 e. The SMILES string of the molecule is CCOC(=O)c1cc2cc(C3CCOCC3)ccc2n1-c1ccccc1C#N. The Bertz CT molecular complexity index is 1060. The lowest BCUT2D eigenvalue weighted by Crippen LogP contribution is -2.14. The number of carbonyl (C=O) groups is 1. The summed E-state index contributed by atoms with van der Waals surface area (Å²) in [5.41, 5.74) is 3.78. The number of benzene rings is 2. The number of ether oxygens (including phenoxy) is 2. The molecule has 4 rings (SSSR count). The van der Waals surface area contributed by atoms with E-state index >= 15 is 0 Å². The topological polar surface area (TPSA) is 64.2 Å². The number of esters is 1.